The lowest BCUT2D eigenvalue weighted by atomic mass is 10.3. The number of aromatic nitrogens is 3. The van der Waals surface area contributed by atoms with Crippen molar-refractivity contribution in [1.29, 1.82) is 0 Å². The van der Waals surface area contributed by atoms with Gasteiger partial charge in [0.1, 0.15) is 5.52 Å². The molecule has 3 rings (SSSR count). The number of nitrogens with one attached hydrogen (secondary N) is 3. The van der Waals surface area contributed by atoms with E-state index in [0.29, 0.717) is 23.7 Å². The second kappa shape index (κ2) is 6.13. The summed E-state index contributed by atoms with van der Waals surface area (Å²) in [6.45, 7) is 2.04. The normalized spacial score (nSPS) is 10.4. The van der Waals surface area contributed by atoms with Gasteiger partial charge in [-0.15, -0.1) is 0 Å². The number of benzene rings is 1. The van der Waals surface area contributed by atoms with Crippen molar-refractivity contribution in [3.05, 3.63) is 42.6 Å². The van der Waals surface area contributed by atoms with Gasteiger partial charge in [0.15, 0.2) is 5.65 Å². The van der Waals surface area contributed by atoms with Crippen molar-refractivity contribution < 1.29 is 9.53 Å². The zero-order valence-electron chi connectivity index (χ0n) is 12.0. The van der Waals surface area contributed by atoms with Gasteiger partial charge in [0.05, 0.1) is 18.5 Å². The smallest absolute Gasteiger partial charge is 0.413 e. The van der Waals surface area contributed by atoms with Crippen LogP contribution in [0.4, 0.5) is 22.1 Å². The Labute approximate surface area is 126 Å². The Bertz CT molecular complexity index is 785. The van der Waals surface area contributed by atoms with E-state index in [1.54, 1.807) is 13.1 Å². The predicted molar refractivity (Wildman–Crippen MR) is 84.3 cm³/mol. The lowest BCUT2D eigenvalue weighted by Gasteiger charge is -2.04. The number of para-hydroxylation sites is 1. The Kier molecular flexibility index (Phi) is 3.86. The van der Waals surface area contributed by atoms with E-state index >= 15 is 0 Å². The minimum atomic E-state index is -0.552. The lowest BCUT2D eigenvalue weighted by molar-refractivity contribution is 0.167. The highest BCUT2D eigenvalue weighted by molar-refractivity contribution is 5.86. The van der Waals surface area contributed by atoms with Gasteiger partial charge < -0.3 is 15.0 Å². The average molecular weight is 297 g/mol. The third-order valence-electron chi connectivity index (χ3n) is 2.89. The van der Waals surface area contributed by atoms with Crippen molar-refractivity contribution in [3.8, 4) is 0 Å². The number of imidazole rings is 1. The number of anilines is 3. The first kappa shape index (κ1) is 13.9. The van der Waals surface area contributed by atoms with Gasteiger partial charge in [-0.1, -0.05) is 18.2 Å². The van der Waals surface area contributed by atoms with E-state index in [1.807, 2.05) is 36.4 Å². The molecule has 0 saturated heterocycles. The number of nitrogens with zero attached hydrogens (tertiary/aromatic N) is 2. The molecule has 0 atom stereocenters. The molecule has 0 unspecified atom stereocenters. The van der Waals surface area contributed by atoms with Crippen LogP contribution < -0.4 is 10.6 Å². The highest BCUT2D eigenvalue weighted by atomic mass is 16.5. The summed E-state index contributed by atoms with van der Waals surface area (Å²) < 4.78 is 4.80. The molecule has 3 aromatic rings. The molecular formula is C15H15N5O2. The van der Waals surface area contributed by atoms with Crippen molar-refractivity contribution >= 4 is 34.6 Å². The number of ether oxygens (including phenoxy) is 1. The Hall–Kier alpha value is -3.09. The fourth-order valence-corrected chi connectivity index (χ4v) is 1.97. The summed E-state index contributed by atoms with van der Waals surface area (Å²) in [7, 11) is 0. The molecule has 7 nitrogen and oxygen atoms in total. The van der Waals surface area contributed by atoms with Gasteiger partial charge >= 0.3 is 6.09 Å². The van der Waals surface area contributed by atoms with Crippen LogP contribution in [0.1, 0.15) is 6.92 Å². The van der Waals surface area contributed by atoms with Crippen LogP contribution >= 0.6 is 0 Å². The Morgan fingerprint density at radius 3 is 2.86 bits per heavy atom. The van der Waals surface area contributed by atoms with Gasteiger partial charge in [-0.3, -0.25) is 5.32 Å². The lowest BCUT2D eigenvalue weighted by Crippen LogP contribution is -2.14. The van der Waals surface area contributed by atoms with Crippen molar-refractivity contribution in [3.63, 3.8) is 0 Å². The van der Waals surface area contributed by atoms with Crippen LogP contribution in [0.15, 0.2) is 42.6 Å². The van der Waals surface area contributed by atoms with Crippen LogP contribution in [0, 0.1) is 0 Å². The van der Waals surface area contributed by atoms with E-state index in [0.717, 1.165) is 11.4 Å². The molecule has 7 heteroatoms. The molecule has 2 aromatic heterocycles. The van der Waals surface area contributed by atoms with Crippen LogP contribution in [0.3, 0.4) is 0 Å². The number of hydrogen-bond acceptors (Lipinski definition) is 5. The molecule has 1 aromatic carbocycles. The van der Waals surface area contributed by atoms with E-state index in [1.165, 1.54) is 0 Å². The SMILES string of the molecule is CCOC(=O)Nc1nc2cc(Nc3ccccc3)cnc2[nH]1. The number of amides is 1. The maximum Gasteiger partial charge on any atom is 0.413 e. The molecular weight excluding hydrogens is 282 g/mol. The molecule has 0 aliphatic carbocycles. The quantitative estimate of drug-likeness (QED) is 0.687. The number of H-pyrrole nitrogens is 1. The van der Waals surface area contributed by atoms with Crippen molar-refractivity contribution in [2.24, 2.45) is 0 Å². The summed E-state index contributed by atoms with van der Waals surface area (Å²) in [6, 6.07) is 11.6. The van der Waals surface area contributed by atoms with Gasteiger partial charge in [0.25, 0.3) is 0 Å². The Morgan fingerprint density at radius 2 is 2.09 bits per heavy atom. The second-order valence-electron chi connectivity index (χ2n) is 4.51. The third-order valence-corrected chi connectivity index (χ3v) is 2.89. The molecule has 22 heavy (non-hydrogen) atoms. The number of pyridine rings is 1. The minimum Gasteiger partial charge on any atom is -0.450 e. The molecule has 2 heterocycles. The molecule has 0 fully saturated rings. The van der Waals surface area contributed by atoms with Crippen molar-refractivity contribution in [1.82, 2.24) is 15.0 Å². The van der Waals surface area contributed by atoms with Crippen LogP contribution in [0.25, 0.3) is 11.2 Å². The maximum absolute atomic E-state index is 11.4. The number of carbonyl (C=O) groups excluding carboxylic acids is 1. The van der Waals surface area contributed by atoms with Gasteiger partial charge in [-0.25, -0.2) is 14.8 Å². The second-order valence-corrected chi connectivity index (χ2v) is 4.51. The predicted octanol–water partition coefficient (Wildman–Crippen LogP) is 3.27. The van der Waals surface area contributed by atoms with E-state index in [-0.39, 0.29) is 0 Å². The van der Waals surface area contributed by atoms with Crippen LogP contribution in [0.5, 0.6) is 0 Å². The topological polar surface area (TPSA) is 91.9 Å². The van der Waals surface area contributed by atoms with Gasteiger partial charge in [0, 0.05) is 5.69 Å². The van der Waals surface area contributed by atoms with E-state index in [2.05, 4.69) is 25.6 Å². The number of rotatable bonds is 4. The standard InChI is InChI=1S/C15H15N5O2/c1-2-22-15(21)20-14-18-12-8-11(9-16-13(12)19-14)17-10-6-4-3-5-7-10/h3-9,17H,2H2,1H3,(H2,16,18,19,20,21). The fourth-order valence-electron chi connectivity index (χ4n) is 1.97. The van der Waals surface area contributed by atoms with Gasteiger partial charge in [-0.05, 0) is 25.1 Å². The molecule has 112 valence electrons. The summed E-state index contributed by atoms with van der Waals surface area (Å²) in [6.07, 6.45) is 1.14. The zero-order valence-corrected chi connectivity index (χ0v) is 12.0. The van der Waals surface area contributed by atoms with Crippen molar-refractivity contribution in [2.45, 2.75) is 6.92 Å². The first-order valence-corrected chi connectivity index (χ1v) is 6.86. The number of fused-ring (bicyclic) bond motifs is 1. The molecule has 3 N–H and O–H groups in total. The summed E-state index contributed by atoms with van der Waals surface area (Å²) in [5.41, 5.74) is 3.01. The first-order chi connectivity index (χ1) is 10.7. The molecule has 0 aliphatic heterocycles. The van der Waals surface area contributed by atoms with Gasteiger partial charge in [0.2, 0.25) is 5.95 Å². The highest BCUT2D eigenvalue weighted by Gasteiger charge is 2.08. The highest BCUT2D eigenvalue weighted by Crippen LogP contribution is 2.20. The summed E-state index contributed by atoms with van der Waals surface area (Å²) >= 11 is 0. The van der Waals surface area contributed by atoms with Gasteiger partial charge in [-0.2, -0.15) is 0 Å². The monoisotopic (exact) mass is 297 g/mol. The minimum absolute atomic E-state index is 0.301. The molecule has 0 saturated carbocycles. The Morgan fingerprint density at radius 1 is 1.27 bits per heavy atom. The number of carbonyl (C=O) groups is 1. The largest absolute Gasteiger partial charge is 0.450 e. The number of aromatic amines is 1. The van der Waals surface area contributed by atoms with Crippen LogP contribution in [0.2, 0.25) is 0 Å². The summed E-state index contributed by atoms with van der Waals surface area (Å²) in [5, 5.41) is 5.75. The number of hydrogen-bond donors (Lipinski definition) is 3. The molecule has 0 aliphatic rings. The third kappa shape index (κ3) is 3.14. The zero-order chi connectivity index (χ0) is 15.4. The van der Waals surface area contributed by atoms with E-state index in [4.69, 9.17) is 4.74 Å². The van der Waals surface area contributed by atoms with E-state index in [9.17, 15) is 4.79 Å². The fraction of sp³-hybridized carbons (Fsp3) is 0.133. The van der Waals surface area contributed by atoms with Crippen molar-refractivity contribution in [2.75, 3.05) is 17.2 Å². The average Bonchev–Trinajstić information content (AvgIpc) is 2.90. The molecule has 0 bridgehead atoms. The maximum atomic E-state index is 11.4. The van der Waals surface area contributed by atoms with E-state index < -0.39 is 6.09 Å². The Balaban J connectivity index is 1.79. The molecule has 0 spiro atoms. The molecule has 0 radical (unpaired) electrons. The summed E-state index contributed by atoms with van der Waals surface area (Å²) in [4.78, 5) is 22.8. The van der Waals surface area contributed by atoms with Crippen LogP contribution in [-0.2, 0) is 4.74 Å². The molecule has 1 amide bonds. The first-order valence-electron chi connectivity index (χ1n) is 6.86. The summed E-state index contributed by atoms with van der Waals surface area (Å²) in [5.74, 6) is 0.304. The van der Waals surface area contributed by atoms with Crippen LogP contribution in [-0.4, -0.2) is 27.7 Å².